The first-order chi connectivity index (χ1) is 3.46. The Bertz CT molecular complexity index is 55.5. The van der Waals surface area contributed by atoms with Crippen molar-refractivity contribution >= 4 is 11.4 Å². The van der Waals surface area contributed by atoms with Crippen molar-refractivity contribution in [1.29, 1.82) is 0 Å². The Kier molecular flexibility index (Phi) is 9.59. The van der Waals surface area contributed by atoms with Crippen LogP contribution in [0.1, 0.15) is 13.8 Å². The van der Waals surface area contributed by atoms with Gasteiger partial charge in [0.1, 0.15) is 0 Å². The monoisotopic (exact) mass is 141 g/mol. The van der Waals surface area contributed by atoms with Crippen molar-refractivity contribution in [3.05, 3.63) is 0 Å². The number of hydrogen-bond donors (Lipinski definition) is 2. The summed E-state index contributed by atoms with van der Waals surface area (Å²) in [6, 6.07) is 0. The van der Waals surface area contributed by atoms with Crippen LogP contribution in [0.5, 0.6) is 0 Å². The van der Waals surface area contributed by atoms with Gasteiger partial charge < -0.3 is 14.2 Å². The average Bonchev–Trinajstić information content (AvgIpc) is 1.25. The van der Waals surface area contributed by atoms with E-state index in [9.17, 15) is 0 Å². The largest absolute Gasteiger partial charge is 0.750 e. The Balaban J connectivity index is 0. The molecular formula is C3H9O4S-. The summed E-state index contributed by atoms with van der Waals surface area (Å²) in [5.41, 5.74) is 0. The van der Waals surface area contributed by atoms with E-state index in [4.69, 9.17) is 18.4 Å². The zero-order chi connectivity index (χ0) is 7.15. The summed E-state index contributed by atoms with van der Waals surface area (Å²) in [6.45, 7) is 3.44. The summed E-state index contributed by atoms with van der Waals surface area (Å²) < 4.78 is 24.1. The molecule has 2 N–H and O–H groups in total. The molecule has 0 rings (SSSR count). The number of aliphatic hydroxyl groups is 1. The average molecular weight is 141 g/mol. The van der Waals surface area contributed by atoms with Crippen molar-refractivity contribution in [1.82, 2.24) is 0 Å². The molecule has 0 saturated carbocycles. The fraction of sp³-hybridized carbons (Fsp3) is 1.00. The molecule has 4 nitrogen and oxygen atoms in total. The standard InChI is InChI=1S/C3H8O.H2O3S/c1-3(2)4;1-4(2)3/h3-4H,1-2H3;(H2,1,2,3)/p-1. The first-order valence-corrected chi connectivity index (χ1v) is 2.96. The summed E-state index contributed by atoms with van der Waals surface area (Å²) in [7, 11) is 0. The molecular weight excluding hydrogens is 132 g/mol. The third-order valence-electron chi connectivity index (χ3n) is 0. The minimum Gasteiger partial charge on any atom is -0.750 e. The highest BCUT2D eigenvalue weighted by molar-refractivity contribution is 7.73. The van der Waals surface area contributed by atoms with Gasteiger partial charge in [0.2, 0.25) is 0 Å². The summed E-state index contributed by atoms with van der Waals surface area (Å²) in [5.74, 6) is 0. The van der Waals surface area contributed by atoms with Crippen molar-refractivity contribution in [2.24, 2.45) is 0 Å². The molecule has 0 fully saturated rings. The lowest BCUT2D eigenvalue weighted by Crippen LogP contribution is -1.85. The van der Waals surface area contributed by atoms with E-state index >= 15 is 0 Å². The lowest BCUT2D eigenvalue weighted by molar-refractivity contribution is 0.216. The Morgan fingerprint density at radius 2 is 1.62 bits per heavy atom. The van der Waals surface area contributed by atoms with Crippen LogP contribution in [0.25, 0.3) is 0 Å². The van der Waals surface area contributed by atoms with E-state index in [-0.39, 0.29) is 6.10 Å². The van der Waals surface area contributed by atoms with Crippen molar-refractivity contribution in [2.75, 3.05) is 0 Å². The lowest BCUT2D eigenvalue weighted by Gasteiger charge is -1.83. The van der Waals surface area contributed by atoms with Crippen LogP contribution in [0.4, 0.5) is 0 Å². The van der Waals surface area contributed by atoms with E-state index in [0.717, 1.165) is 0 Å². The molecule has 1 atom stereocenters. The van der Waals surface area contributed by atoms with Crippen LogP contribution in [0, 0.1) is 0 Å². The van der Waals surface area contributed by atoms with E-state index in [1.165, 1.54) is 0 Å². The maximum absolute atomic E-state index is 8.56. The summed E-state index contributed by atoms with van der Waals surface area (Å²) >= 11 is -2.86. The Hall–Kier alpha value is 0.0300. The topological polar surface area (TPSA) is 80.6 Å². The van der Waals surface area contributed by atoms with Gasteiger partial charge in [-0.3, -0.25) is 0 Å². The van der Waals surface area contributed by atoms with Crippen molar-refractivity contribution < 1.29 is 18.4 Å². The molecule has 0 aromatic carbocycles. The predicted octanol–water partition coefficient (Wildman–Crippen LogP) is -0.274. The Labute approximate surface area is 50.6 Å². The van der Waals surface area contributed by atoms with Gasteiger partial charge >= 0.3 is 0 Å². The maximum atomic E-state index is 8.56. The van der Waals surface area contributed by atoms with Gasteiger partial charge in [-0.1, -0.05) is 0 Å². The minimum absolute atomic E-state index is 0.167. The second-order valence-electron chi connectivity index (χ2n) is 1.31. The third kappa shape index (κ3) is 170000. The fourth-order valence-electron chi connectivity index (χ4n) is 0. The van der Waals surface area contributed by atoms with Gasteiger partial charge in [0.25, 0.3) is 0 Å². The molecule has 0 bridgehead atoms. The van der Waals surface area contributed by atoms with Crippen LogP contribution in [-0.4, -0.2) is 24.5 Å². The third-order valence-corrected chi connectivity index (χ3v) is 0. The lowest BCUT2D eigenvalue weighted by atomic mass is 10.5. The quantitative estimate of drug-likeness (QED) is 0.455. The molecule has 0 saturated heterocycles. The van der Waals surface area contributed by atoms with Gasteiger partial charge in [0.05, 0.1) is 11.4 Å². The summed E-state index contributed by atoms with van der Waals surface area (Å²) in [4.78, 5) is 0. The molecule has 0 spiro atoms. The van der Waals surface area contributed by atoms with Crippen LogP contribution in [0.15, 0.2) is 0 Å². The van der Waals surface area contributed by atoms with Crippen LogP contribution in [0.2, 0.25) is 0 Å². The van der Waals surface area contributed by atoms with Crippen molar-refractivity contribution in [3.8, 4) is 0 Å². The molecule has 52 valence electrons. The molecule has 1 unspecified atom stereocenters. The first-order valence-electron chi connectivity index (χ1n) is 1.93. The molecule has 0 aliphatic rings. The molecule has 0 aliphatic heterocycles. The molecule has 8 heavy (non-hydrogen) atoms. The van der Waals surface area contributed by atoms with Crippen molar-refractivity contribution in [3.63, 3.8) is 0 Å². The maximum Gasteiger partial charge on any atom is 0.0814 e. The van der Waals surface area contributed by atoms with E-state index in [0.29, 0.717) is 0 Å². The second kappa shape index (κ2) is 7.03. The Morgan fingerprint density at radius 3 is 1.62 bits per heavy atom. The van der Waals surface area contributed by atoms with Gasteiger partial charge in [0, 0.05) is 6.10 Å². The molecule has 0 aromatic rings. The highest BCUT2D eigenvalue weighted by Crippen LogP contribution is 1.65. The van der Waals surface area contributed by atoms with Crippen LogP contribution < -0.4 is 0 Å². The minimum atomic E-state index is -2.86. The van der Waals surface area contributed by atoms with E-state index < -0.39 is 11.4 Å². The zero-order valence-corrected chi connectivity index (χ0v) is 5.51. The SMILES string of the molecule is CC(C)O.O=S([O-])O. The second-order valence-corrected chi connectivity index (χ2v) is 1.75. The van der Waals surface area contributed by atoms with Crippen LogP contribution in [-0.2, 0) is 11.4 Å². The number of aliphatic hydroxyl groups excluding tert-OH is 1. The molecule has 0 aromatic heterocycles. The highest BCUT2D eigenvalue weighted by Gasteiger charge is 1.69. The van der Waals surface area contributed by atoms with E-state index in [2.05, 4.69) is 0 Å². The highest BCUT2D eigenvalue weighted by atomic mass is 32.2. The Morgan fingerprint density at radius 1 is 1.62 bits per heavy atom. The van der Waals surface area contributed by atoms with E-state index in [1.54, 1.807) is 13.8 Å². The van der Waals surface area contributed by atoms with E-state index in [1.807, 2.05) is 0 Å². The normalized spacial score (nSPS) is 12.2. The predicted molar refractivity (Wildman–Crippen MR) is 28.9 cm³/mol. The zero-order valence-electron chi connectivity index (χ0n) is 4.70. The molecule has 0 radical (unpaired) electrons. The van der Waals surface area contributed by atoms with Crippen molar-refractivity contribution in [2.45, 2.75) is 20.0 Å². The summed E-state index contributed by atoms with van der Waals surface area (Å²) in [5, 5.41) is 8.06. The van der Waals surface area contributed by atoms with Crippen LogP contribution >= 0.6 is 0 Å². The molecule has 5 heteroatoms. The molecule has 0 amide bonds. The van der Waals surface area contributed by atoms with Gasteiger partial charge in [-0.05, 0) is 13.8 Å². The van der Waals surface area contributed by atoms with Crippen LogP contribution in [0.3, 0.4) is 0 Å². The molecule has 0 aliphatic carbocycles. The fourth-order valence-corrected chi connectivity index (χ4v) is 0. The van der Waals surface area contributed by atoms with Gasteiger partial charge in [-0.2, -0.15) is 0 Å². The summed E-state index contributed by atoms with van der Waals surface area (Å²) in [6.07, 6.45) is -0.167. The first kappa shape index (κ1) is 10.9. The molecule has 0 heterocycles. The van der Waals surface area contributed by atoms with Gasteiger partial charge in [0.15, 0.2) is 0 Å². The smallest absolute Gasteiger partial charge is 0.0814 e. The number of rotatable bonds is 0. The number of hydrogen-bond acceptors (Lipinski definition) is 3. The van der Waals surface area contributed by atoms with Gasteiger partial charge in [-0.25, -0.2) is 4.21 Å². The van der Waals surface area contributed by atoms with Gasteiger partial charge in [-0.15, -0.1) is 0 Å².